The summed E-state index contributed by atoms with van der Waals surface area (Å²) in [6.07, 6.45) is 2.42. The van der Waals surface area contributed by atoms with Gasteiger partial charge in [-0.15, -0.1) is 0 Å². The number of halogens is 2. The third-order valence-corrected chi connectivity index (χ3v) is 6.37. The molecule has 1 atom stereocenters. The van der Waals surface area contributed by atoms with E-state index in [9.17, 15) is 4.55 Å². The summed E-state index contributed by atoms with van der Waals surface area (Å²) in [6, 6.07) is 13.8. The van der Waals surface area contributed by atoms with Crippen LogP contribution in [-0.4, -0.2) is 34.9 Å². The van der Waals surface area contributed by atoms with E-state index in [-0.39, 0.29) is 0 Å². The van der Waals surface area contributed by atoms with Crippen LogP contribution in [0.4, 0.5) is 0 Å². The molecule has 0 N–H and O–H groups in total. The Kier molecular flexibility index (Phi) is 6.53. The number of rotatable bonds is 8. The highest BCUT2D eigenvalue weighted by atomic mass is 35.5. The minimum Gasteiger partial charge on any atom is -0.611 e. The van der Waals surface area contributed by atoms with E-state index >= 15 is 0 Å². The van der Waals surface area contributed by atoms with E-state index < -0.39 is 11.2 Å². The number of ether oxygens (including phenoxy) is 1. The van der Waals surface area contributed by atoms with E-state index in [2.05, 4.69) is 17.0 Å². The van der Waals surface area contributed by atoms with Gasteiger partial charge in [0.25, 0.3) is 0 Å². The molecule has 3 nitrogen and oxygen atoms in total. The summed E-state index contributed by atoms with van der Waals surface area (Å²) in [4.78, 5) is 3.02. The molecule has 1 saturated carbocycles. The van der Waals surface area contributed by atoms with Crippen molar-refractivity contribution < 1.29 is 9.29 Å². The molecule has 0 spiro atoms. The van der Waals surface area contributed by atoms with Crippen molar-refractivity contribution in [3.8, 4) is 5.75 Å². The van der Waals surface area contributed by atoms with Gasteiger partial charge >= 0.3 is 0 Å². The van der Waals surface area contributed by atoms with Gasteiger partial charge in [0.05, 0.1) is 12.1 Å². The third-order valence-electron chi connectivity index (χ3n) is 4.31. The van der Waals surface area contributed by atoms with Gasteiger partial charge in [0.1, 0.15) is 11.5 Å². The zero-order chi connectivity index (χ0) is 17.8. The Balaban J connectivity index is 1.61. The molecule has 0 aromatic heterocycles. The summed E-state index contributed by atoms with van der Waals surface area (Å²) in [5.74, 6) is 1.41. The van der Waals surface area contributed by atoms with Crippen LogP contribution in [0.3, 0.4) is 0 Å². The van der Waals surface area contributed by atoms with Crippen molar-refractivity contribution in [3.05, 3.63) is 58.1 Å². The second-order valence-electron chi connectivity index (χ2n) is 6.17. The lowest BCUT2D eigenvalue weighted by Crippen LogP contribution is -2.31. The van der Waals surface area contributed by atoms with Crippen molar-refractivity contribution in [3.63, 3.8) is 0 Å². The van der Waals surface area contributed by atoms with E-state index in [1.54, 1.807) is 25.3 Å². The van der Waals surface area contributed by atoms with Crippen molar-refractivity contribution >= 4 is 34.4 Å². The Morgan fingerprint density at radius 1 is 1.16 bits per heavy atom. The van der Waals surface area contributed by atoms with Gasteiger partial charge in [-0.05, 0) is 53.8 Å². The van der Waals surface area contributed by atoms with Gasteiger partial charge < -0.3 is 9.29 Å². The van der Waals surface area contributed by atoms with Crippen LogP contribution in [0.2, 0.25) is 10.0 Å². The largest absolute Gasteiger partial charge is 0.611 e. The van der Waals surface area contributed by atoms with Crippen LogP contribution in [0.5, 0.6) is 5.75 Å². The first-order valence-electron chi connectivity index (χ1n) is 8.27. The third kappa shape index (κ3) is 5.28. The fraction of sp³-hybridized carbons (Fsp3) is 0.368. The van der Waals surface area contributed by atoms with Gasteiger partial charge in [0.2, 0.25) is 0 Å². The molecule has 1 aliphatic carbocycles. The predicted molar refractivity (Wildman–Crippen MR) is 104 cm³/mol. The van der Waals surface area contributed by atoms with Gasteiger partial charge in [0, 0.05) is 30.2 Å². The van der Waals surface area contributed by atoms with Gasteiger partial charge in [0.15, 0.2) is 4.90 Å². The topological polar surface area (TPSA) is 35.5 Å². The summed E-state index contributed by atoms with van der Waals surface area (Å²) in [7, 11) is 1.67. The van der Waals surface area contributed by atoms with E-state index in [0.717, 1.165) is 18.8 Å². The molecule has 25 heavy (non-hydrogen) atoms. The van der Waals surface area contributed by atoms with Crippen LogP contribution in [0, 0.1) is 0 Å². The van der Waals surface area contributed by atoms with Crippen LogP contribution in [0.15, 0.2) is 47.4 Å². The van der Waals surface area contributed by atoms with Crippen LogP contribution in [0.1, 0.15) is 18.4 Å². The normalized spacial score (nSPS) is 15.4. The Morgan fingerprint density at radius 2 is 1.88 bits per heavy atom. The first-order valence-corrected chi connectivity index (χ1v) is 10.3. The molecule has 6 heteroatoms. The number of benzene rings is 2. The van der Waals surface area contributed by atoms with Crippen LogP contribution >= 0.6 is 23.2 Å². The van der Waals surface area contributed by atoms with Gasteiger partial charge in [-0.3, -0.25) is 4.90 Å². The lowest BCUT2D eigenvalue weighted by Gasteiger charge is -2.23. The van der Waals surface area contributed by atoms with Crippen molar-refractivity contribution in [1.29, 1.82) is 0 Å². The van der Waals surface area contributed by atoms with Crippen molar-refractivity contribution in [2.75, 3.05) is 19.4 Å². The number of hydrogen-bond donors (Lipinski definition) is 0. The molecule has 134 valence electrons. The van der Waals surface area contributed by atoms with E-state index in [0.29, 0.717) is 26.7 Å². The maximum atomic E-state index is 12.6. The molecule has 2 aromatic carbocycles. The molecule has 1 fully saturated rings. The maximum Gasteiger partial charge on any atom is 0.172 e. The lowest BCUT2D eigenvalue weighted by molar-refractivity contribution is 0.270. The average molecular weight is 398 g/mol. The highest BCUT2D eigenvalue weighted by Crippen LogP contribution is 2.30. The maximum absolute atomic E-state index is 12.6. The zero-order valence-corrected chi connectivity index (χ0v) is 16.4. The predicted octanol–water partition coefficient (Wildman–Crippen LogP) is 4.77. The Labute approximate surface area is 162 Å². The molecule has 0 aliphatic heterocycles. The zero-order valence-electron chi connectivity index (χ0n) is 14.1. The number of nitrogens with zero attached hydrogens (tertiary/aromatic N) is 1. The molecular formula is C19H21Cl2NO2S. The van der Waals surface area contributed by atoms with Crippen molar-refractivity contribution in [2.45, 2.75) is 30.3 Å². The van der Waals surface area contributed by atoms with Crippen molar-refractivity contribution in [1.82, 2.24) is 4.90 Å². The van der Waals surface area contributed by atoms with Gasteiger partial charge in [-0.1, -0.05) is 35.3 Å². The minimum atomic E-state index is -1.16. The van der Waals surface area contributed by atoms with E-state index in [1.807, 2.05) is 12.1 Å². The molecule has 0 saturated heterocycles. The number of hydrogen-bond acceptors (Lipinski definition) is 3. The molecule has 1 aliphatic rings. The fourth-order valence-electron chi connectivity index (χ4n) is 2.76. The average Bonchev–Trinajstić information content (AvgIpc) is 3.46. The standard InChI is InChI=1S/C19H21Cl2NO2S/c1-24-17-7-2-14(3-8-17)13-22(16-5-6-16)10-11-25(23)19-12-15(20)4-9-18(19)21/h2-4,7-9,12,16H,5-6,10-11,13H2,1H3. The van der Waals surface area contributed by atoms with Crippen LogP contribution in [-0.2, 0) is 17.7 Å². The summed E-state index contributed by atoms with van der Waals surface area (Å²) >= 11 is 11.0. The first kappa shape index (κ1) is 18.9. The summed E-state index contributed by atoms with van der Waals surface area (Å²) < 4.78 is 17.8. The molecule has 0 radical (unpaired) electrons. The SMILES string of the molecule is COc1ccc(CN(CC[S+]([O-])c2cc(Cl)ccc2Cl)C2CC2)cc1. The highest BCUT2D eigenvalue weighted by Gasteiger charge is 2.30. The van der Waals surface area contributed by atoms with Gasteiger partial charge in [-0.2, -0.15) is 0 Å². The van der Waals surface area contributed by atoms with E-state index in [4.69, 9.17) is 27.9 Å². The Hall–Kier alpha value is -0.910. The molecule has 3 rings (SSSR count). The second-order valence-corrected chi connectivity index (χ2v) is 8.56. The summed E-state index contributed by atoms with van der Waals surface area (Å²) in [6.45, 7) is 1.63. The molecule has 2 aromatic rings. The van der Waals surface area contributed by atoms with Crippen LogP contribution in [0.25, 0.3) is 0 Å². The van der Waals surface area contributed by atoms with Gasteiger partial charge in [-0.25, -0.2) is 0 Å². The summed E-state index contributed by atoms with van der Waals surface area (Å²) in [5, 5.41) is 1.07. The Morgan fingerprint density at radius 3 is 2.52 bits per heavy atom. The van der Waals surface area contributed by atoms with Crippen molar-refractivity contribution in [2.24, 2.45) is 0 Å². The first-order chi connectivity index (χ1) is 12.1. The second kappa shape index (κ2) is 8.65. The highest BCUT2D eigenvalue weighted by molar-refractivity contribution is 7.91. The molecule has 0 heterocycles. The molecule has 1 unspecified atom stereocenters. The number of methoxy groups -OCH3 is 1. The molecule has 0 bridgehead atoms. The smallest absolute Gasteiger partial charge is 0.172 e. The Bertz CT molecular complexity index is 707. The molecule has 0 amide bonds. The quantitative estimate of drug-likeness (QED) is 0.601. The minimum absolute atomic E-state index is 0.510. The van der Waals surface area contributed by atoms with E-state index in [1.165, 1.54) is 18.4 Å². The van der Waals surface area contributed by atoms with Crippen LogP contribution < -0.4 is 4.74 Å². The monoisotopic (exact) mass is 397 g/mol. The lowest BCUT2D eigenvalue weighted by atomic mass is 10.2. The fourth-order valence-corrected chi connectivity index (χ4v) is 4.53. The summed E-state index contributed by atoms with van der Waals surface area (Å²) in [5.41, 5.74) is 1.24. The molecular weight excluding hydrogens is 377 g/mol.